The van der Waals surface area contributed by atoms with Gasteiger partial charge in [-0.3, -0.25) is 4.79 Å². The van der Waals surface area contributed by atoms with E-state index in [2.05, 4.69) is 4.98 Å². The molecule has 1 heterocycles. The fraction of sp³-hybridized carbons (Fsp3) is 0.167. The summed E-state index contributed by atoms with van der Waals surface area (Å²) >= 11 is 0. The molecule has 0 aliphatic heterocycles. The van der Waals surface area contributed by atoms with Gasteiger partial charge in [0.15, 0.2) is 0 Å². The molecule has 154 valence electrons. The molecule has 2 aromatic carbocycles. The van der Waals surface area contributed by atoms with Crippen LogP contribution < -0.4 is 14.2 Å². The van der Waals surface area contributed by atoms with Crippen LogP contribution in [0.3, 0.4) is 0 Å². The molecule has 0 atom stereocenters. The molecule has 6 nitrogen and oxygen atoms in total. The number of benzene rings is 2. The maximum Gasteiger partial charge on any atom is 0.253 e. The summed E-state index contributed by atoms with van der Waals surface area (Å²) in [5, 5.41) is 0. The van der Waals surface area contributed by atoms with Gasteiger partial charge in [-0.15, -0.1) is 0 Å². The van der Waals surface area contributed by atoms with Crippen LogP contribution in [0.25, 0.3) is 11.6 Å². The number of carbonyl (C=O) groups is 1. The van der Waals surface area contributed by atoms with E-state index in [0.717, 1.165) is 11.1 Å². The lowest BCUT2D eigenvalue weighted by atomic mass is 10.0. The second-order valence-corrected chi connectivity index (χ2v) is 6.70. The predicted molar refractivity (Wildman–Crippen MR) is 117 cm³/mol. The van der Waals surface area contributed by atoms with Gasteiger partial charge >= 0.3 is 0 Å². The van der Waals surface area contributed by atoms with Gasteiger partial charge in [0.05, 0.1) is 14.2 Å². The Morgan fingerprint density at radius 3 is 2.10 bits per heavy atom. The zero-order valence-corrected chi connectivity index (χ0v) is 17.5. The topological polar surface area (TPSA) is 60.9 Å². The van der Waals surface area contributed by atoms with Crippen LogP contribution in [-0.2, 0) is 4.79 Å². The monoisotopic (exact) mass is 404 g/mol. The molecule has 0 aliphatic carbocycles. The molecule has 1 aromatic heterocycles. The second kappa shape index (κ2) is 9.60. The number of likely N-dealkylation sites (N-methyl/N-ethyl adjacent to an activating group) is 1. The number of pyridine rings is 1. The fourth-order valence-corrected chi connectivity index (χ4v) is 2.82. The summed E-state index contributed by atoms with van der Waals surface area (Å²) in [5.74, 6) is 2.33. The Labute approximate surface area is 176 Å². The maximum atomic E-state index is 12.9. The van der Waals surface area contributed by atoms with Gasteiger partial charge in [-0.25, -0.2) is 4.98 Å². The number of aromatic nitrogens is 1. The van der Waals surface area contributed by atoms with Crippen LogP contribution in [0.2, 0.25) is 0 Å². The zero-order valence-electron chi connectivity index (χ0n) is 17.5. The minimum atomic E-state index is -0.116. The van der Waals surface area contributed by atoms with Crippen molar-refractivity contribution >= 4 is 17.6 Å². The first-order chi connectivity index (χ1) is 14.5. The molecule has 3 aromatic rings. The number of hydrogen-bond donors (Lipinski definition) is 0. The van der Waals surface area contributed by atoms with Crippen LogP contribution >= 0.6 is 0 Å². The second-order valence-electron chi connectivity index (χ2n) is 6.70. The molecule has 0 saturated heterocycles. The summed E-state index contributed by atoms with van der Waals surface area (Å²) < 4.78 is 16.4. The van der Waals surface area contributed by atoms with E-state index in [0.29, 0.717) is 28.7 Å². The Kier molecular flexibility index (Phi) is 6.70. The van der Waals surface area contributed by atoms with Crippen molar-refractivity contribution in [2.75, 3.05) is 28.3 Å². The van der Waals surface area contributed by atoms with Crippen molar-refractivity contribution in [3.8, 4) is 23.1 Å². The van der Waals surface area contributed by atoms with Crippen molar-refractivity contribution in [3.05, 3.63) is 78.0 Å². The summed E-state index contributed by atoms with van der Waals surface area (Å²) in [5.41, 5.74) is 2.11. The Bertz CT molecular complexity index is 1010. The quantitative estimate of drug-likeness (QED) is 0.428. The number of ether oxygens (including phenoxy) is 3. The standard InChI is InChI=1S/C24H24N2O4/c1-26(2)24(27)22(15-17-13-20(28-3)16-21(14-17)29-4)18-8-10-19(11-9-18)30-23-7-5-6-12-25-23/h5-16H,1-4H3. The summed E-state index contributed by atoms with van der Waals surface area (Å²) in [4.78, 5) is 18.6. The van der Waals surface area contributed by atoms with Crippen LogP contribution in [0.1, 0.15) is 11.1 Å². The number of amides is 1. The third-order valence-electron chi connectivity index (χ3n) is 4.35. The van der Waals surface area contributed by atoms with Gasteiger partial charge in [0.1, 0.15) is 17.2 Å². The van der Waals surface area contributed by atoms with Gasteiger partial charge in [-0.2, -0.15) is 0 Å². The van der Waals surface area contributed by atoms with E-state index in [1.165, 1.54) is 0 Å². The smallest absolute Gasteiger partial charge is 0.253 e. The Hall–Kier alpha value is -3.80. The molecule has 0 radical (unpaired) electrons. The van der Waals surface area contributed by atoms with E-state index in [-0.39, 0.29) is 5.91 Å². The maximum absolute atomic E-state index is 12.9. The third kappa shape index (κ3) is 5.17. The minimum absolute atomic E-state index is 0.116. The summed E-state index contributed by atoms with van der Waals surface area (Å²) in [7, 11) is 6.63. The highest BCUT2D eigenvalue weighted by atomic mass is 16.5. The van der Waals surface area contributed by atoms with Crippen molar-refractivity contribution in [2.45, 2.75) is 0 Å². The molecule has 0 saturated carbocycles. The Morgan fingerprint density at radius 1 is 0.900 bits per heavy atom. The van der Waals surface area contributed by atoms with E-state index >= 15 is 0 Å². The molecule has 30 heavy (non-hydrogen) atoms. The van der Waals surface area contributed by atoms with E-state index in [1.807, 2.05) is 54.6 Å². The predicted octanol–water partition coefficient (Wildman–Crippen LogP) is 4.52. The zero-order chi connectivity index (χ0) is 21.5. The SMILES string of the molecule is COc1cc(C=C(C(=O)N(C)C)c2ccc(Oc3ccccn3)cc2)cc(OC)c1. The Balaban J connectivity index is 1.96. The number of hydrogen-bond acceptors (Lipinski definition) is 5. The lowest BCUT2D eigenvalue weighted by molar-refractivity contribution is -0.122. The molecule has 1 amide bonds. The van der Waals surface area contributed by atoms with Crippen molar-refractivity contribution in [1.29, 1.82) is 0 Å². The van der Waals surface area contributed by atoms with Crippen LogP contribution in [0.4, 0.5) is 0 Å². The summed E-state index contributed by atoms with van der Waals surface area (Å²) in [6, 6.07) is 18.3. The van der Waals surface area contributed by atoms with Crippen LogP contribution in [-0.4, -0.2) is 44.1 Å². The van der Waals surface area contributed by atoms with E-state index in [9.17, 15) is 4.79 Å². The average Bonchev–Trinajstić information content (AvgIpc) is 2.78. The van der Waals surface area contributed by atoms with E-state index in [1.54, 1.807) is 51.5 Å². The normalized spacial score (nSPS) is 11.0. The molecule has 0 bridgehead atoms. The van der Waals surface area contributed by atoms with Gasteiger partial charge < -0.3 is 19.1 Å². The molecule has 0 aliphatic rings. The highest BCUT2D eigenvalue weighted by Gasteiger charge is 2.15. The minimum Gasteiger partial charge on any atom is -0.497 e. The first-order valence-electron chi connectivity index (χ1n) is 9.36. The van der Waals surface area contributed by atoms with Gasteiger partial charge in [-0.1, -0.05) is 18.2 Å². The van der Waals surface area contributed by atoms with Crippen molar-refractivity contribution < 1.29 is 19.0 Å². The summed E-state index contributed by atoms with van der Waals surface area (Å²) in [6.07, 6.45) is 3.49. The number of rotatable bonds is 7. The number of methoxy groups -OCH3 is 2. The lowest BCUT2D eigenvalue weighted by Crippen LogP contribution is -2.22. The highest BCUT2D eigenvalue weighted by molar-refractivity contribution is 6.24. The first-order valence-corrected chi connectivity index (χ1v) is 9.36. The molecule has 0 fully saturated rings. The van der Waals surface area contributed by atoms with Gasteiger partial charge in [0.25, 0.3) is 5.91 Å². The average molecular weight is 404 g/mol. The molecule has 0 spiro atoms. The highest BCUT2D eigenvalue weighted by Crippen LogP contribution is 2.28. The number of nitrogens with zero attached hydrogens (tertiary/aromatic N) is 2. The molecule has 0 N–H and O–H groups in total. The summed E-state index contributed by atoms with van der Waals surface area (Å²) in [6.45, 7) is 0. The van der Waals surface area contributed by atoms with Crippen LogP contribution in [0, 0.1) is 0 Å². The van der Waals surface area contributed by atoms with Crippen LogP contribution in [0.5, 0.6) is 23.1 Å². The van der Waals surface area contributed by atoms with Crippen molar-refractivity contribution in [2.24, 2.45) is 0 Å². The van der Waals surface area contributed by atoms with Gasteiger partial charge in [0, 0.05) is 38.0 Å². The fourth-order valence-electron chi connectivity index (χ4n) is 2.82. The van der Waals surface area contributed by atoms with Gasteiger partial charge in [-0.05, 0) is 47.5 Å². The molecule has 0 unspecified atom stereocenters. The largest absolute Gasteiger partial charge is 0.497 e. The lowest BCUT2D eigenvalue weighted by Gasteiger charge is -2.15. The Morgan fingerprint density at radius 2 is 1.57 bits per heavy atom. The molecular formula is C24H24N2O4. The van der Waals surface area contributed by atoms with Crippen molar-refractivity contribution in [3.63, 3.8) is 0 Å². The van der Waals surface area contributed by atoms with E-state index in [4.69, 9.17) is 14.2 Å². The molecular weight excluding hydrogens is 380 g/mol. The van der Waals surface area contributed by atoms with Crippen molar-refractivity contribution in [1.82, 2.24) is 9.88 Å². The van der Waals surface area contributed by atoms with Crippen LogP contribution in [0.15, 0.2) is 66.9 Å². The first kappa shape index (κ1) is 20.9. The van der Waals surface area contributed by atoms with Gasteiger partial charge in [0.2, 0.25) is 5.88 Å². The molecule has 6 heteroatoms. The third-order valence-corrected chi connectivity index (χ3v) is 4.35. The number of carbonyl (C=O) groups excluding carboxylic acids is 1. The van der Waals surface area contributed by atoms with E-state index < -0.39 is 0 Å². The molecule has 3 rings (SSSR count).